The number of hydrogen-bond donors (Lipinski definition) is 0. The van der Waals surface area contributed by atoms with Crippen molar-refractivity contribution in [1.82, 2.24) is 0 Å². The Balaban J connectivity index is 3.09. The average Bonchev–Trinajstić information content (AvgIpc) is 2.28. The highest BCUT2D eigenvalue weighted by molar-refractivity contribution is 5.78. The summed E-state index contributed by atoms with van der Waals surface area (Å²) >= 11 is 0. The molecule has 1 unspecified atom stereocenters. The number of carbonyl (C=O) groups excluding carboxylic acids is 1. The lowest BCUT2D eigenvalue weighted by molar-refractivity contribution is -0.142. The first-order valence-corrected chi connectivity index (χ1v) is 5.75. The van der Waals surface area contributed by atoms with Crippen LogP contribution in [0.1, 0.15) is 42.4 Å². The summed E-state index contributed by atoms with van der Waals surface area (Å²) in [5.74, 6) is -0.245. The summed E-state index contributed by atoms with van der Waals surface area (Å²) in [6, 6.07) is 6.22. The van der Waals surface area contributed by atoms with Crippen LogP contribution in [-0.2, 0) is 9.53 Å². The number of esters is 1. The zero-order valence-electron chi connectivity index (χ0n) is 10.5. The van der Waals surface area contributed by atoms with E-state index in [9.17, 15) is 4.79 Å². The number of methoxy groups -OCH3 is 1. The maximum absolute atomic E-state index is 11.7. The van der Waals surface area contributed by atoms with E-state index in [1.165, 1.54) is 12.7 Å². The average molecular weight is 220 g/mol. The molecule has 1 aromatic rings. The molecule has 0 bridgehead atoms. The predicted molar refractivity (Wildman–Crippen MR) is 65.6 cm³/mol. The fourth-order valence-electron chi connectivity index (χ4n) is 1.97. The van der Waals surface area contributed by atoms with Gasteiger partial charge in [-0.1, -0.05) is 37.1 Å². The van der Waals surface area contributed by atoms with E-state index in [1.54, 1.807) is 0 Å². The summed E-state index contributed by atoms with van der Waals surface area (Å²) in [5, 5.41) is 0. The summed E-state index contributed by atoms with van der Waals surface area (Å²) in [5.41, 5.74) is 3.45. The Morgan fingerprint density at radius 2 is 2.06 bits per heavy atom. The van der Waals surface area contributed by atoms with Crippen LogP contribution in [0.3, 0.4) is 0 Å². The van der Waals surface area contributed by atoms with Crippen LogP contribution < -0.4 is 0 Å². The molecule has 0 aliphatic heterocycles. The second kappa shape index (κ2) is 5.69. The van der Waals surface area contributed by atoms with Crippen molar-refractivity contribution in [3.05, 3.63) is 34.9 Å². The Labute approximate surface area is 97.6 Å². The van der Waals surface area contributed by atoms with Crippen LogP contribution in [0, 0.1) is 13.8 Å². The molecule has 0 heterocycles. The Bertz CT molecular complexity index is 369. The first kappa shape index (κ1) is 12.8. The molecule has 1 aromatic carbocycles. The van der Waals surface area contributed by atoms with Crippen molar-refractivity contribution < 1.29 is 9.53 Å². The summed E-state index contributed by atoms with van der Waals surface area (Å²) in [7, 11) is 1.45. The SMILES string of the molecule is CCCC(C(=O)OC)c1cc(C)ccc1C. The van der Waals surface area contributed by atoms with Gasteiger partial charge in [0.15, 0.2) is 0 Å². The van der Waals surface area contributed by atoms with E-state index < -0.39 is 0 Å². The Morgan fingerprint density at radius 1 is 1.38 bits per heavy atom. The first-order chi connectivity index (χ1) is 7.60. The quantitative estimate of drug-likeness (QED) is 0.727. The highest BCUT2D eigenvalue weighted by atomic mass is 16.5. The third kappa shape index (κ3) is 2.84. The Morgan fingerprint density at radius 3 is 2.62 bits per heavy atom. The highest BCUT2D eigenvalue weighted by Crippen LogP contribution is 2.26. The van der Waals surface area contributed by atoms with Crippen molar-refractivity contribution in [3.63, 3.8) is 0 Å². The van der Waals surface area contributed by atoms with Crippen molar-refractivity contribution in [2.24, 2.45) is 0 Å². The molecule has 1 rings (SSSR count). The maximum Gasteiger partial charge on any atom is 0.313 e. The van der Waals surface area contributed by atoms with E-state index in [1.807, 2.05) is 13.8 Å². The van der Waals surface area contributed by atoms with Crippen LogP contribution in [0.2, 0.25) is 0 Å². The fourth-order valence-corrected chi connectivity index (χ4v) is 1.97. The lowest BCUT2D eigenvalue weighted by Crippen LogP contribution is -2.15. The van der Waals surface area contributed by atoms with Gasteiger partial charge < -0.3 is 4.74 Å². The largest absolute Gasteiger partial charge is 0.469 e. The van der Waals surface area contributed by atoms with E-state index in [2.05, 4.69) is 25.1 Å². The molecule has 0 spiro atoms. The van der Waals surface area contributed by atoms with Gasteiger partial charge in [-0.3, -0.25) is 4.79 Å². The van der Waals surface area contributed by atoms with E-state index in [0.717, 1.165) is 24.0 Å². The van der Waals surface area contributed by atoms with Gasteiger partial charge >= 0.3 is 5.97 Å². The lowest BCUT2D eigenvalue weighted by atomic mass is 9.90. The Hall–Kier alpha value is -1.31. The number of rotatable bonds is 4. The van der Waals surface area contributed by atoms with Gasteiger partial charge in [0, 0.05) is 0 Å². The smallest absolute Gasteiger partial charge is 0.313 e. The van der Waals surface area contributed by atoms with Crippen LogP contribution >= 0.6 is 0 Å². The second-order valence-electron chi connectivity index (χ2n) is 4.22. The van der Waals surface area contributed by atoms with E-state index >= 15 is 0 Å². The number of ether oxygens (including phenoxy) is 1. The molecule has 0 aliphatic rings. The van der Waals surface area contributed by atoms with E-state index in [-0.39, 0.29) is 11.9 Å². The summed E-state index contributed by atoms with van der Waals surface area (Å²) in [4.78, 5) is 11.7. The first-order valence-electron chi connectivity index (χ1n) is 5.75. The number of hydrogen-bond acceptors (Lipinski definition) is 2. The molecule has 0 aromatic heterocycles. The van der Waals surface area contributed by atoms with E-state index in [4.69, 9.17) is 4.74 Å². The monoisotopic (exact) mass is 220 g/mol. The molecule has 0 N–H and O–H groups in total. The molecule has 0 fully saturated rings. The predicted octanol–water partition coefficient (Wildman–Crippen LogP) is 3.36. The normalized spacial score (nSPS) is 12.2. The summed E-state index contributed by atoms with van der Waals surface area (Å²) in [6.07, 6.45) is 1.82. The minimum absolute atomic E-state index is 0.116. The molecule has 88 valence electrons. The van der Waals surface area contributed by atoms with Gasteiger partial charge in [0.25, 0.3) is 0 Å². The molecule has 0 saturated heterocycles. The van der Waals surface area contributed by atoms with Crippen molar-refractivity contribution in [2.45, 2.75) is 39.5 Å². The van der Waals surface area contributed by atoms with Crippen molar-refractivity contribution in [1.29, 1.82) is 0 Å². The van der Waals surface area contributed by atoms with Crippen molar-refractivity contribution >= 4 is 5.97 Å². The molecular weight excluding hydrogens is 200 g/mol. The van der Waals surface area contributed by atoms with Gasteiger partial charge in [0.2, 0.25) is 0 Å². The molecule has 0 amide bonds. The van der Waals surface area contributed by atoms with E-state index in [0.29, 0.717) is 0 Å². The summed E-state index contributed by atoms with van der Waals surface area (Å²) in [6.45, 7) is 6.17. The van der Waals surface area contributed by atoms with Crippen LogP contribution in [0.15, 0.2) is 18.2 Å². The van der Waals surface area contributed by atoms with Crippen LogP contribution in [-0.4, -0.2) is 13.1 Å². The van der Waals surface area contributed by atoms with Gasteiger partial charge in [-0.05, 0) is 31.4 Å². The van der Waals surface area contributed by atoms with Crippen molar-refractivity contribution in [3.8, 4) is 0 Å². The fraction of sp³-hybridized carbons (Fsp3) is 0.500. The topological polar surface area (TPSA) is 26.3 Å². The third-order valence-electron chi connectivity index (χ3n) is 2.87. The molecule has 0 saturated carbocycles. The molecular formula is C14H20O2. The number of carbonyl (C=O) groups is 1. The second-order valence-corrected chi connectivity index (χ2v) is 4.22. The Kier molecular flexibility index (Phi) is 4.53. The molecule has 2 nitrogen and oxygen atoms in total. The minimum Gasteiger partial charge on any atom is -0.469 e. The van der Waals surface area contributed by atoms with Crippen LogP contribution in [0.5, 0.6) is 0 Å². The third-order valence-corrected chi connectivity index (χ3v) is 2.87. The number of aryl methyl sites for hydroxylation is 2. The maximum atomic E-state index is 11.7. The molecule has 0 aliphatic carbocycles. The number of benzene rings is 1. The lowest BCUT2D eigenvalue weighted by Gasteiger charge is -2.17. The molecule has 0 radical (unpaired) electrons. The zero-order chi connectivity index (χ0) is 12.1. The highest BCUT2D eigenvalue weighted by Gasteiger charge is 2.21. The van der Waals surface area contributed by atoms with Gasteiger partial charge in [-0.2, -0.15) is 0 Å². The minimum atomic E-state index is -0.129. The van der Waals surface area contributed by atoms with Gasteiger partial charge in [-0.15, -0.1) is 0 Å². The van der Waals surface area contributed by atoms with Gasteiger partial charge in [0.05, 0.1) is 13.0 Å². The van der Waals surface area contributed by atoms with Gasteiger partial charge in [-0.25, -0.2) is 0 Å². The zero-order valence-corrected chi connectivity index (χ0v) is 10.5. The standard InChI is InChI=1S/C14H20O2/c1-5-6-12(14(15)16-4)13-9-10(2)7-8-11(13)3/h7-9,12H,5-6H2,1-4H3. The molecule has 1 atom stereocenters. The summed E-state index contributed by atoms with van der Waals surface area (Å²) < 4.78 is 4.88. The van der Waals surface area contributed by atoms with Gasteiger partial charge in [0.1, 0.15) is 0 Å². The van der Waals surface area contributed by atoms with Crippen LogP contribution in [0.25, 0.3) is 0 Å². The molecule has 16 heavy (non-hydrogen) atoms. The van der Waals surface area contributed by atoms with Crippen molar-refractivity contribution in [2.75, 3.05) is 7.11 Å². The molecule has 2 heteroatoms. The van der Waals surface area contributed by atoms with Crippen LogP contribution in [0.4, 0.5) is 0 Å².